The fourth-order valence-electron chi connectivity index (χ4n) is 4.93. The summed E-state index contributed by atoms with van der Waals surface area (Å²) >= 11 is 0. The summed E-state index contributed by atoms with van der Waals surface area (Å²) in [5, 5.41) is 5.20. The molecule has 0 amide bonds. The van der Waals surface area contributed by atoms with Crippen molar-refractivity contribution in [2.75, 3.05) is 12.7 Å². The van der Waals surface area contributed by atoms with E-state index in [2.05, 4.69) is 158 Å². The molecule has 0 aliphatic rings. The lowest BCUT2D eigenvalue weighted by molar-refractivity contribution is 0.386. The minimum atomic E-state index is -0.681. The van der Waals surface area contributed by atoms with Gasteiger partial charge in [0.1, 0.15) is 24.2 Å². The fraction of sp³-hybridized carbons (Fsp3) is 0.0526. The second-order valence-electron chi connectivity index (χ2n) is 9.74. The second-order valence-corrected chi connectivity index (χ2v) is 14.0. The van der Waals surface area contributed by atoms with Crippen molar-refractivity contribution in [3.05, 3.63) is 170 Å². The van der Waals surface area contributed by atoms with Crippen LogP contribution in [0.1, 0.15) is 0 Å². The molecule has 2 nitrogen and oxygen atoms in total. The van der Waals surface area contributed by atoms with Crippen molar-refractivity contribution in [1.82, 2.24) is 0 Å². The normalized spacial score (nSPS) is 11.0. The number of para-hydroxylation sites is 2. The average Bonchev–Trinajstić information content (AvgIpc) is 3.07. The molecule has 0 radical (unpaired) electrons. The highest BCUT2D eigenvalue weighted by Gasteiger charge is 2.19. The Labute approximate surface area is 251 Å². The molecule has 6 rings (SSSR count). The van der Waals surface area contributed by atoms with E-state index in [0.29, 0.717) is 12.7 Å². The Morgan fingerprint density at radius 3 is 0.881 bits per heavy atom. The first kappa shape index (κ1) is 27.9. The van der Waals surface area contributed by atoms with E-state index in [1.54, 1.807) is 0 Å². The van der Waals surface area contributed by atoms with Crippen LogP contribution in [0.2, 0.25) is 0 Å². The van der Waals surface area contributed by atoms with Crippen LogP contribution in [0, 0.1) is 0 Å². The minimum Gasteiger partial charge on any atom is -0.488 e. The Balaban J connectivity index is 1.27. The Bertz CT molecular complexity index is 1470. The van der Waals surface area contributed by atoms with Crippen LogP contribution in [0.4, 0.5) is 0 Å². The number of ether oxygens (including phenoxy) is 2. The SMILES string of the molecule is c1ccc(P(COc2ccccc2-c2ccccc2OCP(c2ccccc2)c2ccccc2)c2ccccc2)cc1. The first-order valence-corrected chi connectivity index (χ1v) is 17.1. The van der Waals surface area contributed by atoms with E-state index in [1.165, 1.54) is 21.2 Å². The highest BCUT2D eigenvalue weighted by atomic mass is 31.1. The minimum absolute atomic E-state index is 0.594. The van der Waals surface area contributed by atoms with Crippen LogP contribution in [0.3, 0.4) is 0 Å². The van der Waals surface area contributed by atoms with E-state index in [1.807, 2.05) is 12.1 Å². The van der Waals surface area contributed by atoms with E-state index < -0.39 is 15.8 Å². The molecule has 0 aliphatic carbocycles. The lowest BCUT2D eigenvalue weighted by Crippen LogP contribution is -2.17. The zero-order valence-electron chi connectivity index (χ0n) is 23.3. The van der Waals surface area contributed by atoms with Crippen molar-refractivity contribution in [3.8, 4) is 22.6 Å². The molecule has 6 aromatic rings. The molecule has 0 unspecified atom stereocenters. The molecule has 0 saturated heterocycles. The van der Waals surface area contributed by atoms with Gasteiger partial charge in [-0.15, -0.1) is 0 Å². The van der Waals surface area contributed by atoms with Gasteiger partial charge in [-0.05, 0) is 49.2 Å². The van der Waals surface area contributed by atoms with Gasteiger partial charge in [0.25, 0.3) is 0 Å². The van der Waals surface area contributed by atoms with E-state index in [9.17, 15) is 0 Å². The smallest absolute Gasteiger partial charge is 0.127 e. The van der Waals surface area contributed by atoms with Crippen molar-refractivity contribution < 1.29 is 9.47 Å². The third-order valence-electron chi connectivity index (χ3n) is 7.03. The maximum atomic E-state index is 6.66. The molecule has 0 heterocycles. The molecule has 0 aliphatic heterocycles. The quantitative estimate of drug-likeness (QED) is 0.143. The van der Waals surface area contributed by atoms with Crippen molar-refractivity contribution >= 4 is 37.1 Å². The molecule has 6 aromatic carbocycles. The molecular formula is C38H32O2P2. The number of hydrogen-bond donors (Lipinski definition) is 0. The summed E-state index contributed by atoms with van der Waals surface area (Å²) in [5.41, 5.74) is 2.07. The van der Waals surface area contributed by atoms with Crippen molar-refractivity contribution in [2.24, 2.45) is 0 Å². The predicted octanol–water partition coefficient (Wildman–Crippen LogP) is 8.29. The maximum absolute atomic E-state index is 6.66. The first-order chi connectivity index (χ1) is 20.9. The third-order valence-corrected chi connectivity index (χ3v) is 11.5. The largest absolute Gasteiger partial charge is 0.488 e. The highest BCUT2D eigenvalue weighted by Crippen LogP contribution is 2.41. The van der Waals surface area contributed by atoms with Gasteiger partial charge in [-0.1, -0.05) is 158 Å². The van der Waals surface area contributed by atoms with Crippen LogP contribution in [0.25, 0.3) is 11.1 Å². The van der Waals surface area contributed by atoms with Gasteiger partial charge in [-0.2, -0.15) is 0 Å². The summed E-state index contributed by atoms with van der Waals surface area (Å²) < 4.78 is 13.3. The van der Waals surface area contributed by atoms with E-state index in [4.69, 9.17) is 9.47 Å². The summed E-state index contributed by atoms with van der Waals surface area (Å²) in [4.78, 5) is 0. The standard InChI is InChI=1S/C38H32O2P2/c1-5-17-31(18-6-1)41(32-19-7-2-8-20-32)29-39-37-27-15-13-25-35(37)36-26-14-16-28-38(36)40-30-42(33-21-9-3-10-22-33)34-23-11-4-12-24-34/h1-28H,29-30H2. The Kier molecular flexibility index (Phi) is 9.38. The van der Waals surface area contributed by atoms with Gasteiger partial charge < -0.3 is 9.47 Å². The van der Waals surface area contributed by atoms with Crippen LogP contribution in [0.5, 0.6) is 11.5 Å². The zero-order valence-corrected chi connectivity index (χ0v) is 25.1. The van der Waals surface area contributed by atoms with Gasteiger partial charge in [-0.25, -0.2) is 0 Å². The lowest BCUT2D eigenvalue weighted by Gasteiger charge is -2.22. The van der Waals surface area contributed by atoms with Gasteiger partial charge in [-0.3, -0.25) is 0 Å². The molecule has 42 heavy (non-hydrogen) atoms. The van der Waals surface area contributed by atoms with Gasteiger partial charge >= 0.3 is 0 Å². The maximum Gasteiger partial charge on any atom is 0.127 e. The summed E-state index contributed by atoms with van der Waals surface area (Å²) in [7, 11) is -1.36. The van der Waals surface area contributed by atoms with Gasteiger partial charge in [0.15, 0.2) is 0 Å². The summed E-state index contributed by atoms with van der Waals surface area (Å²) in [5.74, 6) is 1.72. The Morgan fingerprint density at radius 1 is 0.310 bits per heavy atom. The molecule has 0 fully saturated rings. The highest BCUT2D eigenvalue weighted by molar-refractivity contribution is 7.73. The summed E-state index contributed by atoms with van der Waals surface area (Å²) in [6.07, 6.45) is 1.19. The molecule has 0 saturated carbocycles. The summed E-state index contributed by atoms with van der Waals surface area (Å²) in [6, 6.07) is 59.3. The van der Waals surface area contributed by atoms with Crippen molar-refractivity contribution in [3.63, 3.8) is 0 Å². The van der Waals surface area contributed by atoms with E-state index in [-0.39, 0.29) is 0 Å². The molecule has 206 valence electrons. The van der Waals surface area contributed by atoms with Gasteiger partial charge in [0.05, 0.1) is 0 Å². The second kappa shape index (κ2) is 14.1. The van der Waals surface area contributed by atoms with Crippen LogP contribution in [0.15, 0.2) is 170 Å². The monoisotopic (exact) mass is 582 g/mol. The number of hydrogen-bond acceptors (Lipinski definition) is 2. The van der Waals surface area contributed by atoms with E-state index >= 15 is 0 Å². The van der Waals surface area contributed by atoms with E-state index in [0.717, 1.165) is 22.6 Å². The molecule has 0 spiro atoms. The molecule has 0 bridgehead atoms. The van der Waals surface area contributed by atoms with Crippen molar-refractivity contribution in [1.29, 1.82) is 0 Å². The van der Waals surface area contributed by atoms with Crippen LogP contribution in [-0.4, -0.2) is 12.7 Å². The average molecular weight is 583 g/mol. The Hall–Kier alpha value is -4.22. The number of benzene rings is 6. The summed E-state index contributed by atoms with van der Waals surface area (Å²) in [6.45, 7) is 0. The molecular weight excluding hydrogens is 550 g/mol. The number of rotatable bonds is 11. The van der Waals surface area contributed by atoms with Crippen LogP contribution in [-0.2, 0) is 0 Å². The molecule has 0 N–H and O–H groups in total. The van der Waals surface area contributed by atoms with Crippen LogP contribution < -0.4 is 30.7 Å². The molecule has 0 atom stereocenters. The predicted molar refractivity (Wildman–Crippen MR) is 181 cm³/mol. The fourth-order valence-corrected chi connectivity index (χ4v) is 8.78. The van der Waals surface area contributed by atoms with Gasteiger partial charge in [0.2, 0.25) is 0 Å². The molecule has 4 heteroatoms. The third kappa shape index (κ3) is 6.80. The topological polar surface area (TPSA) is 18.5 Å². The first-order valence-electron chi connectivity index (χ1n) is 14.1. The Morgan fingerprint density at radius 2 is 0.571 bits per heavy atom. The zero-order chi connectivity index (χ0) is 28.4. The van der Waals surface area contributed by atoms with Crippen molar-refractivity contribution in [2.45, 2.75) is 0 Å². The molecule has 0 aromatic heterocycles. The van der Waals surface area contributed by atoms with Crippen LogP contribution >= 0.6 is 15.8 Å². The lowest BCUT2D eigenvalue weighted by atomic mass is 10.0. The van der Waals surface area contributed by atoms with Gasteiger partial charge in [0, 0.05) is 11.1 Å².